The van der Waals surface area contributed by atoms with Crippen LogP contribution in [0.25, 0.3) is 0 Å². The van der Waals surface area contributed by atoms with Crippen molar-refractivity contribution in [2.24, 2.45) is 10.7 Å². The zero-order valence-corrected chi connectivity index (χ0v) is 10.2. The van der Waals surface area contributed by atoms with Gasteiger partial charge in [-0.2, -0.15) is 0 Å². The number of nitrogens with one attached hydrogen (secondary N) is 2. The summed E-state index contributed by atoms with van der Waals surface area (Å²) in [7, 11) is 0. The molecule has 0 radical (unpaired) electrons. The number of nitrogens with two attached hydrogens (primary N) is 1. The molecular formula is C12H21N5. The molecule has 1 heterocycles. The molecule has 0 amide bonds. The summed E-state index contributed by atoms with van der Waals surface area (Å²) >= 11 is 0. The highest BCUT2D eigenvalue weighted by atomic mass is 15.1. The predicted octanol–water partition coefficient (Wildman–Crippen LogP) is 1.19. The molecule has 4 N–H and O–H groups in total. The molecule has 17 heavy (non-hydrogen) atoms. The zero-order valence-electron chi connectivity index (χ0n) is 10.2. The van der Waals surface area contributed by atoms with Crippen LogP contribution in [0.5, 0.6) is 0 Å². The minimum atomic E-state index is 0.545. The number of aromatic amines is 1. The van der Waals surface area contributed by atoms with Crippen molar-refractivity contribution < 1.29 is 0 Å². The minimum Gasteiger partial charge on any atom is -0.370 e. The fraction of sp³-hybridized carbons (Fsp3) is 0.667. The summed E-state index contributed by atoms with van der Waals surface area (Å²) in [6, 6.07) is 0.545. The van der Waals surface area contributed by atoms with Gasteiger partial charge >= 0.3 is 0 Å². The first-order chi connectivity index (χ1) is 8.34. The van der Waals surface area contributed by atoms with E-state index in [0.29, 0.717) is 12.0 Å². The van der Waals surface area contributed by atoms with Crippen molar-refractivity contribution in [3.63, 3.8) is 0 Å². The van der Waals surface area contributed by atoms with Gasteiger partial charge in [0.1, 0.15) is 5.82 Å². The molecular weight excluding hydrogens is 214 g/mol. The smallest absolute Gasteiger partial charge is 0.188 e. The first-order valence-electron chi connectivity index (χ1n) is 6.39. The Morgan fingerprint density at radius 3 is 3.06 bits per heavy atom. The molecule has 0 unspecified atom stereocenters. The first-order valence-corrected chi connectivity index (χ1v) is 6.39. The molecule has 5 nitrogen and oxygen atoms in total. The first kappa shape index (κ1) is 12.0. The van der Waals surface area contributed by atoms with E-state index in [2.05, 4.69) is 20.3 Å². The van der Waals surface area contributed by atoms with E-state index < -0.39 is 0 Å². The third kappa shape index (κ3) is 4.09. The van der Waals surface area contributed by atoms with Crippen LogP contribution in [-0.2, 0) is 6.42 Å². The number of aliphatic imine (C=N–C) groups is 1. The fourth-order valence-electron chi connectivity index (χ4n) is 2.21. The lowest BCUT2D eigenvalue weighted by Gasteiger charge is -2.11. The maximum Gasteiger partial charge on any atom is 0.188 e. The summed E-state index contributed by atoms with van der Waals surface area (Å²) < 4.78 is 0. The minimum absolute atomic E-state index is 0.545. The van der Waals surface area contributed by atoms with Crippen LogP contribution in [0.2, 0.25) is 0 Å². The normalized spacial score (nSPS) is 17.5. The molecule has 5 heteroatoms. The van der Waals surface area contributed by atoms with Gasteiger partial charge in [-0.25, -0.2) is 4.98 Å². The number of hydrogen-bond acceptors (Lipinski definition) is 2. The highest BCUT2D eigenvalue weighted by Crippen LogP contribution is 2.17. The second-order valence-corrected chi connectivity index (χ2v) is 4.53. The molecule has 1 aromatic heterocycles. The maximum absolute atomic E-state index is 5.83. The van der Waals surface area contributed by atoms with E-state index >= 15 is 0 Å². The molecule has 0 atom stereocenters. The summed E-state index contributed by atoms with van der Waals surface area (Å²) in [6.07, 6.45) is 10.6. The Kier molecular flexibility index (Phi) is 4.41. The Balaban J connectivity index is 1.62. The fourth-order valence-corrected chi connectivity index (χ4v) is 2.21. The number of rotatable bonds is 5. The van der Waals surface area contributed by atoms with Gasteiger partial charge in [-0.05, 0) is 19.3 Å². The van der Waals surface area contributed by atoms with Crippen molar-refractivity contribution in [3.05, 3.63) is 18.2 Å². The largest absolute Gasteiger partial charge is 0.370 e. The number of H-pyrrole nitrogens is 1. The second-order valence-electron chi connectivity index (χ2n) is 4.53. The molecule has 0 aromatic carbocycles. The van der Waals surface area contributed by atoms with E-state index in [9.17, 15) is 0 Å². The van der Waals surface area contributed by atoms with Crippen LogP contribution in [0, 0.1) is 0 Å². The van der Waals surface area contributed by atoms with Gasteiger partial charge in [0.15, 0.2) is 5.96 Å². The molecule has 0 spiro atoms. The van der Waals surface area contributed by atoms with Crippen molar-refractivity contribution in [1.29, 1.82) is 0 Å². The van der Waals surface area contributed by atoms with E-state index in [-0.39, 0.29) is 0 Å². The van der Waals surface area contributed by atoms with Gasteiger partial charge in [-0.1, -0.05) is 12.8 Å². The summed E-state index contributed by atoms with van der Waals surface area (Å²) in [6.45, 7) is 0.756. The number of nitrogens with zero attached hydrogens (tertiary/aromatic N) is 2. The number of hydrogen-bond donors (Lipinski definition) is 3. The number of imidazole rings is 1. The standard InChI is InChI=1S/C12H21N5/c13-12(17-10-4-1-2-5-10)16-7-3-6-11-14-8-9-15-11/h8-10H,1-7H2,(H,14,15)(H3,13,16,17). The third-order valence-electron chi connectivity index (χ3n) is 3.12. The van der Waals surface area contributed by atoms with E-state index in [1.165, 1.54) is 25.7 Å². The van der Waals surface area contributed by atoms with Crippen LogP contribution < -0.4 is 11.1 Å². The number of guanidine groups is 1. The van der Waals surface area contributed by atoms with E-state index in [1.807, 2.05) is 6.20 Å². The molecule has 0 saturated heterocycles. The Morgan fingerprint density at radius 1 is 1.53 bits per heavy atom. The van der Waals surface area contributed by atoms with Crippen molar-refractivity contribution >= 4 is 5.96 Å². The average Bonchev–Trinajstić information content (AvgIpc) is 2.96. The predicted molar refractivity (Wildman–Crippen MR) is 68.8 cm³/mol. The Bertz CT molecular complexity index is 338. The molecule has 1 fully saturated rings. The van der Waals surface area contributed by atoms with E-state index in [1.54, 1.807) is 6.20 Å². The quantitative estimate of drug-likeness (QED) is 0.407. The summed E-state index contributed by atoms with van der Waals surface area (Å²) in [5.74, 6) is 1.61. The van der Waals surface area contributed by atoms with Crippen LogP contribution >= 0.6 is 0 Å². The molecule has 94 valence electrons. The van der Waals surface area contributed by atoms with Gasteiger partial charge in [0.2, 0.25) is 0 Å². The summed E-state index contributed by atoms with van der Waals surface area (Å²) in [5.41, 5.74) is 5.83. The van der Waals surface area contributed by atoms with Crippen LogP contribution in [0.3, 0.4) is 0 Å². The molecule has 1 aromatic rings. The van der Waals surface area contributed by atoms with Gasteiger partial charge in [0.25, 0.3) is 0 Å². The zero-order chi connectivity index (χ0) is 11.9. The summed E-state index contributed by atoms with van der Waals surface area (Å²) in [4.78, 5) is 11.6. The Morgan fingerprint density at radius 2 is 2.35 bits per heavy atom. The van der Waals surface area contributed by atoms with Crippen LogP contribution in [0.15, 0.2) is 17.4 Å². The lowest BCUT2D eigenvalue weighted by Crippen LogP contribution is -2.38. The lowest BCUT2D eigenvalue weighted by molar-refractivity contribution is 0.624. The van der Waals surface area contributed by atoms with E-state index in [0.717, 1.165) is 25.2 Å². The third-order valence-corrected chi connectivity index (χ3v) is 3.12. The molecule has 2 rings (SSSR count). The molecule has 1 aliphatic carbocycles. The van der Waals surface area contributed by atoms with Gasteiger partial charge in [-0.15, -0.1) is 0 Å². The number of aryl methyl sites for hydroxylation is 1. The second kappa shape index (κ2) is 6.27. The van der Waals surface area contributed by atoms with Gasteiger partial charge in [-0.3, -0.25) is 4.99 Å². The highest BCUT2D eigenvalue weighted by molar-refractivity contribution is 5.78. The maximum atomic E-state index is 5.83. The van der Waals surface area contributed by atoms with Crippen LogP contribution in [-0.4, -0.2) is 28.5 Å². The van der Waals surface area contributed by atoms with Crippen molar-refractivity contribution in [1.82, 2.24) is 15.3 Å². The van der Waals surface area contributed by atoms with Crippen molar-refractivity contribution in [2.75, 3.05) is 6.54 Å². The number of aromatic nitrogens is 2. The van der Waals surface area contributed by atoms with Crippen LogP contribution in [0.4, 0.5) is 0 Å². The highest BCUT2D eigenvalue weighted by Gasteiger charge is 2.14. The van der Waals surface area contributed by atoms with Crippen LogP contribution in [0.1, 0.15) is 37.9 Å². The SMILES string of the molecule is NC(=NCCCc1ncc[nH]1)NC1CCCC1. The molecule has 0 aliphatic heterocycles. The van der Waals surface area contributed by atoms with Crippen molar-refractivity contribution in [2.45, 2.75) is 44.6 Å². The Hall–Kier alpha value is -1.52. The molecule has 1 aliphatic rings. The lowest BCUT2D eigenvalue weighted by atomic mass is 10.2. The average molecular weight is 235 g/mol. The van der Waals surface area contributed by atoms with Gasteiger partial charge in [0, 0.05) is 31.4 Å². The molecule has 1 saturated carbocycles. The Labute approximate surface area is 102 Å². The monoisotopic (exact) mass is 235 g/mol. The summed E-state index contributed by atoms with van der Waals surface area (Å²) in [5, 5.41) is 3.28. The van der Waals surface area contributed by atoms with E-state index in [4.69, 9.17) is 5.73 Å². The van der Waals surface area contributed by atoms with Gasteiger partial charge < -0.3 is 16.0 Å². The van der Waals surface area contributed by atoms with Gasteiger partial charge in [0.05, 0.1) is 0 Å². The molecule has 0 bridgehead atoms. The topological polar surface area (TPSA) is 79.1 Å². The van der Waals surface area contributed by atoms with Crippen molar-refractivity contribution in [3.8, 4) is 0 Å².